The molecule has 10 rings (SSSR count). The molecule has 0 saturated carbocycles. The number of nitrogens with zero attached hydrogens (tertiary/aromatic N) is 7. The number of benzene rings is 6. The maximum Gasteiger partial charge on any atom is 0.240 e. The zero-order valence-electron chi connectivity index (χ0n) is 33.5. The summed E-state index contributed by atoms with van der Waals surface area (Å²) in [5, 5.41) is 24.9. The van der Waals surface area contributed by atoms with E-state index >= 15 is 0 Å². The first-order chi connectivity index (χ1) is 27.6. The summed E-state index contributed by atoms with van der Waals surface area (Å²) in [7, 11) is 0. The Labute approximate surface area is 332 Å². The average Bonchev–Trinajstić information content (AvgIpc) is 3.96. The van der Waals surface area contributed by atoms with Crippen LogP contribution in [-0.4, -0.2) is 33.9 Å². The summed E-state index contributed by atoms with van der Waals surface area (Å²) in [4.78, 5) is 0. The second-order valence-electron chi connectivity index (χ2n) is 16.6. The van der Waals surface area contributed by atoms with Crippen LogP contribution in [-0.2, 0) is 5.41 Å². The largest absolute Gasteiger partial charge is 0.278 e. The highest BCUT2D eigenvalue weighted by Gasteiger charge is 2.28. The van der Waals surface area contributed by atoms with E-state index in [2.05, 4.69) is 194 Å². The fraction of sp³-hybridized carbons (Fsp3) is 0.200. The van der Waals surface area contributed by atoms with Crippen molar-refractivity contribution in [1.29, 1.82) is 0 Å². The summed E-state index contributed by atoms with van der Waals surface area (Å²) < 4.78 is 6.74. The Morgan fingerprint density at radius 1 is 0.544 bits per heavy atom. The maximum absolute atomic E-state index is 4.88. The summed E-state index contributed by atoms with van der Waals surface area (Å²) >= 11 is 0. The van der Waals surface area contributed by atoms with Gasteiger partial charge in [-0.1, -0.05) is 145 Å². The lowest BCUT2D eigenvalue weighted by Crippen LogP contribution is -2.19. The van der Waals surface area contributed by atoms with Crippen LogP contribution in [0.1, 0.15) is 81.2 Å². The Kier molecular flexibility index (Phi) is 7.94. The Balaban J connectivity index is 1.18. The first kappa shape index (κ1) is 34.9. The minimum atomic E-state index is -0.367. The molecule has 6 aromatic carbocycles. The SMILES string of the molecule is Cc1ccccc1-c1nnc2c3cc(C(C)(C)c4ccc5c6ccccc6n(-c6nncn6-c6c(C(C)C)cccc6C(C)C)c5c4)ccc3c3ccccc3n12. The summed E-state index contributed by atoms with van der Waals surface area (Å²) in [5.74, 6) is 2.29. The van der Waals surface area contributed by atoms with Gasteiger partial charge < -0.3 is 0 Å². The van der Waals surface area contributed by atoms with Crippen molar-refractivity contribution in [3.05, 3.63) is 162 Å². The molecular formula is C50H45N7. The molecule has 0 unspecified atom stereocenters. The summed E-state index contributed by atoms with van der Waals surface area (Å²) in [5.41, 5.74) is 12.2. The van der Waals surface area contributed by atoms with Gasteiger partial charge in [0.2, 0.25) is 5.95 Å². The third-order valence-corrected chi connectivity index (χ3v) is 12.2. The van der Waals surface area contributed by atoms with E-state index in [1.165, 1.54) is 55.0 Å². The van der Waals surface area contributed by atoms with Crippen LogP contribution in [0.5, 0.6) is 0 Å². The normalized spacial score (nSPS) is 12.4. The highest BCUT2D eigenvalue weighted by atomic mass is 15.4. The quantitative estimate of drug-likeness (QED) is 0.152. The van der Waals surface area contributed by atoms with Crippen molar-refractivity contribution < 1.29 is 0 Å². The van der Waals surface area contributed by atoms with Crippen LogP contribution in [0.4, 0.5) is 0 Å². The lowest BCUT2D eigenvalue weighted by molar-refractivity contribution is 0.642. The van der Waals surface area contributed by atoms with Gasteiger partial charge in [0.05, 0.1) is 22.2 Å². The predicted molar refractivity (Wildman–Crippen MR) is 234 cm³/mol. The predicted octanol–water partition coefficient (Wildman–Crippen LogP) is 12.3. The van der Waals surface area contributed by atoms with Gasteiger partial charge in [-0.15, -0.1) is 20.4 Å². The molecule has 0 bridgehead atoms. The molecule has 280 valence electrons. The van der Waals surface area contributed by atoms with Crippen molar-refractivity contribution in [2.75, 3.05) is 0 Å². The van der Waals surface area contributed by atoms with Crippen molar-refractivity contribution in [1.82, 2.24) is 33.9 Å². The Hall–Kier alpha value is -6.60. The molecule has 4 aromatic heterocycles. The third-order valence-electron chi connectivity index (χ3n) is 12.2. The van der Waals surface area contributed by atoms with E-state index in [0.717, 1.165) is 44.9 Å². The van der Waals surface area contributed by atoms with Gasteiger partial charge in [-0.2, -0.15) is 0 Å². The molecule has 10 aromatic rings. The molecule has 0 atom stereocenters. The van der Waals surface area contributed by atoms with E-state index in [0.29, 0.717) is 11.8 Å². The van der Waals surface area contributed by atoms with Crippen LogP contribution < -0.4 is 0 Å². The molecule has 0 N–H and O–H groups in total. The number of hydrogen-bond acceptors (Lipinski definition) is 4. The molecular weight excluding hydrogens is 699 g/mol. The molecule has 0 saturated heterocycles. The number of para-hydroxylation sites is 3. The van der Waals surface area contributed by atoms with Crippen molar-refractivity contribution in [2.24, 2.45) is 0 Å². The smallest absolute Gasteiger partial charge is 0.240 e. The van der Waals surface area contributed by atoms with E-state index in [-0.39, 0.29) is 5.41 Å². The lowest BCUT2D eigenvalue weighted by Gasteiger charge is -2.27. The highest BCUT2D eigenvalue weighted by Crippen LogP contribution is 2.41. The van der Waals surface area contributed by atoms with Crippen LogP contribution in [0.15, 0.2) is 134 Å². The van der Waals surface area contributed by atoms with E-state index in [1.54, 1.807) is 0 Å². The van der Waals surface area contributed by atoms with Crippen LogP contribution >= 0.6 is 0 Å². The highest BCUT2D eigenvalue weighted by molar-refractivity contribution is 6.12. The fourth-order valence-electron chi connectivity index (χ4n) is 9.00. The van der Waals surface area contributed by atoms with Crippen LogP contribution in [0.2, 0.25) is 0 Å². The minimum Gasteiger partial charge on any atom is -0.278 e. The molecule has 0 radical (unpaired) electrons. The topological polar surface area (TPSA) is 65.8 Å². The lowest BCUT2D eigenvalue weighted by atomic mass is 9.77. The molecule has 57 heavy (non-hydrogen) atoms. The second kappa shape index (κ2) is 13.0. The van der Waals surface area contributed by atoms with Gasteiger partial charge in [0.1, 0.15) is 6.33 Å². The standard InChI is InChI=1S/C50H45N7/c1-30(2)35-19-14-20-36(31(3)4)46(35)55-29-51-54-49(55)56-43-21-12-11-18-40(43)41-26-24-34(28-45(41)56)50(6,7)33-23-25-38-39-17-10-13-22-44(39)57-47(37-16-9-8-15-32(37)5)52-53-48(57)42(38)27-33/h8-31H,1-7H3. The van der Waals surface area contributed by atoms with Crippen molar-refractivity contribution in [2.45, 2.75) is 65.7 Å². The molecule has 0 fully saturated rings. The van der Waals surface area contributed by atoms with Gasteiger partial charge in [-0.25, -0.2) is 0 Å². The van der Waals surface area contributed by atoms with E-state index in [4.69, 9.17) is 15.3 Å². The van der Waals surface area contributed by atoms with Crippen LogP contribution in [0.25, 0.3) is 72.2 Å². The number of hydrogen-bond donors (Lipinski definition) is 0. The molecule has 0 amide bonds. The van der Waals surface area contributed by atoms with Gasteiger partial charge in [-0.05, 0) is 76.2 Å². The Bertz CT molecular complexity index is 3160. The molecule has 4 heterocycles. The van der Waals surface area contributed by atoms with Crippen molar-refractivity contribution in [3.63, 3.8) is 0 Å². The Morgan fingerprint density at radius 3 is 1.88 bits per heavy atom. The molecule has 0 aliphatic heterocycles. The van der Waals surface area contributed by atoms with Crippen molar-refractivity contribution >= 4 is 49.1 Å². The first-order valence-electron chi connectivity index (χ1n) is 20.0. The second-order valence-corrected chi connectivity index (χ2v) is 16.6. The summed E-state index contributed by atoms with van der Waals surface area (Å²) in [6.07, 6.45) is 1.88. The van der Waals surface area contributed by atoms with Crippen molar-refractivity contribution in [3.8, 4) is 23.0 Å². The minimum absolute atomic E-state index is 0.326. The maximum atomic E-state index is 4.88. The molecule has 0 aliphatic carbocycles. The first-order valence-corrected chi connectivity index (χ1v) is 20.0. The van der Waals surface area contributed by atoms with Gasteiger partial charge in [0.25, 0.3) is 0 Å². The summed E-state index contributed by atoms with van der Waals surface area (Å²) in [6.45, 7) is 15.8. The average molecular weight is 744 g/mol. The zero-order valence-corrected chi connectivity index (χ0v) is 33.5. The number of aromatic nitrogens is 7. The van der Waals surface area contributed by atoms with Gasteiger partial charge in [-0.3, -0.25) is 13.5 Å². The monoisotopic (exact) mass is 743 g/mol. The third kappa shape index (κ3) is 5.25. The number of fused-ring (bicyclic) bond motifs is 9. The molecule has 7 heteroatoms. The van der Waals surface area contributed by atoms with E-state index in [9.17, 15) is 0 Å². The molecule has 0 spiro atoms. The van der Waals surface area contributed by atoms with Crippen LogP contribution in [0.3, 0.4) is 0 Å². The van der Waals surface area contributed by atoms with Gasteiger partial charge in [0.15, 0.2) is 11.5 Å². The number of aryl methyl sites for hydroxylation is 1. The fourth-order valence-corrected chi connectivity index (χ4v) is 9.00. The van der Waals surface area contributed by atoms with Gasteiger partial charge in [0, 0.05) is 32.5 Å². The molecule has 7 nitrogen and oxygen atoms in total. The Morgan fingerprint density at radius 2 is 1.16 bits per heavy atom. The number of rotatable bonds is 7. The van der Waals surface area contributed by atoms with E-state index in [1.807, 2.05) is 6.33 Å². The summed E-state index contributed by atoms with van der Waals surface area (Å²) in [6, 6.07) is 46.1. The zero-order chi connectivity index (χ0) is 39.2. The van der Waals surface area contributed by atoms with E-state index < -0.39 is 0 Å². The van der Waals surface area contributed by atoms with Crippen LogP contribution in [0, 0.1) is 6.92 Å². The molecule has 0 aliphatic rings. The number of pyridine rings is 1. The van der Waals surface area contributed by atoms with Gasteiger partial charge >= 0.3 is 0 Å².